The molecule has 0 saturated carbocycles. The van der Waals surface area contributed by atoms with Gasteiger partial charge in [0.1, 0.15) is 5.82 Å². The number of rotatable bonds is 5. The summed E-state index contributed by atoms with van der Waals surface area (Å²) in [6, 6.07) is 23.8. The Balaban J connectivity index is 1.44. The lowest BCUT2D eigenvalue weighted by atomic mass is 9.99. The number of nitrogens with zero attached hydrogens (tertiary/aromatic N) is 3. The molecule has 0 atom stereocenters. The number of carbonyl (C=O) groups excluding carboxylic acids is 2. The van der Waals surface area contributed by atoms with Crippen LogP contribution in [0, 0.1) is 0 Å². The molecule has 0 aliphatic rings. The van der Waals surface area contributed by atoms with E-state index in [-0.39, 0.29) is 11.4 Å². The number of esters is 1. The zero-order valence-electron chi connectivity index (χ0n) is 20.1. The van der Waals surface area contributed by atoms with Crippen LogP contribution in [0.4, 0.5) is 5.82 Å². The van der Waals surface area contributed by atoms with Crippen LogP contribution < -0.4 is 16.6 Å². The van der Waals surface area contributed by atoms with Gasteiger partial charge in [-0.2, -0.15) is 0 Å². The Labute approximate surface area is 210 Å². The molecule has 1 N–H and O–H groups in total. The third-order valence-electron chi connectivity index (χ3n) is 6.13. The van der Waals surface area contributed by atoms with E-state index in [1.54, 1.807) is 18.2 Å². The molecule has 0 aliphatic heterocycles. The van der Waals surface area contributed by atoms with E-state index in [4.69, 9.17) is 9.72 Å². The first kappa shape index (κ1) is 23.7. The van der Waals surface area contributed by atoms with Gasteiger partial charge in [-0.3, -0.25) is 18.7 Å². The van der Waals surface area contributed by atoms with Crippen molar-refractivity contribution in [3.8, 4) is 11.3 Å². The van der Waals surface area contributed by atoms with Crippen molar-refractivity contribution >= 4 is 39.4 Å². The molecule has 9 nitrogen and oxygen atoms in total. The van der Waals surface area contributed by atoms with Crippen LogP contribution in [0.15, 0.2) is 88.5 Å². The molecule has 0 spiro atoms. The molecule has 5 aromatic rings. The second-order valence-corrected chi connectivity index (χ2v) is 8.49. The number of anilines is 1. The number of carbonyl (C=O) groups is 2. The zero-order valence-corrected chi connectivity index (χ0v) is 20.1. The van der Waals surface area contributed by atoms with Gasteiger partial charge in [0, 0.05) is 31.1 Å². The van der Waals surface area contributed by atoms with E-state index in [9.17, 15) is 19.2 Å². The standard InChI is InChI=1S/C28H22N4O5/c1-31-24(15-26(34)32(2)28(31)36)30-25(33)16-37-27(35)21-14-23(29-22-13-6-5-11-20(21)22)19-12-7-9-17-8-3-4-10-18(17)19/h3-15H,16H2,1-2H3,(H,30,33). The van der Waals surface area contributed by atoms with Crippen molar-refractivity contribution in [2.75, 3.05) is 11.9 Å². The molecule has 0 fully saturated rings. The van der Waals surface area contributed by atoms with Gasteiger partial charge in [0.15, 0.2) is 6.61 Å². The lowest BCUT2D eigenvalue weighted by Gasteiger charge is -2.13. The predicted octanol–water partition coefficient (Wildman–Crippen LogP) is 3.25. The Morgan fingerprint density at radius 3 is 2.38 bits per heavy atom. The fraction of sp³-hybridized carbons (Fsp3) is 0.107. The highest BCUT2D eigenvalue weighted by Gasteiger charge is 2.18. The minimum atomic E-state index is -0.701. The topological polar surface area (TPSA) is 112 Å². The molecule has 0 unspecified atom stereocenters. The van der Waals surface area contributed by atoms with E-state index in [1.807, 2.05) is 54.6 Å². The van der Waals surface area contributed by atoms with E-state index < -0.39 is 29.7 Å². The molecule has 0 bridgehead atoms. The summed E-state index contributed by atoms with van der Waals surface area (Å²) in [6.45, 7) is -0.609. The predicted molar refractivity (Wildman–Crippen MR) is 141 cm³/mol. The highest BCUT2D eigenvalue weighted by Crippen LogP contribution is 2.30. The number of hydrogen-bond donors (Lipinski definition) is 1. The van der Waals surface area contributed by atoms with Gasteiger partial charge in [-0.1, -0.05) is 60.7 Å². The fourth-order valence-electron chi connectivity index (χ4n) is 4.17. The number of para-hydroxylation sites is 1. The molecule has 0 radical (unpaired) electrons. The molecular weight excluding hydrogens is 472 g/mol. The average molecular weight is 495 g/mol. The van der Waals surface area contributed by atoms with Crippen LogP contribution in [0.2, 0.25) is 0 Å². The highest BCUT2D eigenvalue weighted by atomic mass is 16.5. The Bertz CT molecular complexity index is 1810. The smallest absolute Gasteiger partial charge is 0.339 e. The molecule has 1 amide bonds. The Hall–Kier alpha value is -5.05. The number of ether oxygens (including phenoxy) is 1. The second-order valence-electron chi connectivity index (χ2n) is 8.49. The number of nitrogens with one attached hydrogen (secondary N) is 1. The SMILES string of the molecule is Cn1c(NC(=O)COC(=O)c2cc(-c3cccc4ccccc34)nc3ccccc23)cc(=O)n(C)c1=O. The summed E-state index contributed by atoms with van der Waals surface area (Å²) in [6.07, 6.45) is 0. The molecule has 37 heavy (non-hydrogen) atoms. The minimum absolute atomic E-state index is 0.00162. The molecule has 0 saturated heterocycles. The summed E-state index contributed by atoms with van der Waals surface area (Å²) in [5.41, 5.74) is 1.18. The zero-order chi connectivity index (χ0) is 26.1. The van der Waals surface area contributed by atoms with Crippen molar-refractivity contribution in [1.29, 1.82) is 0 Å². The van der Waals surface area contributed by atoms with E-state index >= 15 is 0 Å². The normalized spacial score (nSPS) is 11.0. The number of hydrogen-bond acceptors (Lipinski definition) is 6. The summed E-state index contributed by atoms with van der Waals surface area (Å²) in [5, 5.41) is 5.06. The summed E-state index contributed by atoms with van der Waals surface area (Å²) in [4.78, 5) is 54.4. The van der Waals surface area contributed by atoms with E-state index in [2.05, 4.69) is 5.32 Å². The van der Waals surface area contributed by atoms with Crippen molar-refractivity contribution in [3.05, 3.63) is 105 Å². The van der Waals surface area contributed by atoms with Gasteiger partial charge in [0.2, 0.25) is 0 Å². The Morgan fingerprint density at radius 2 is 1.57 bits per heavy atom. The van der Waals surface area contributed by atoms with Gasteiger partial charge in [-0.05, 0) is 22.9 Å². The third-order valence-corrected chi connectivity index (χ3v) is 6.13. The number of aromatic nitrogens is 3. The Morgan fingerprint density at radius 1 is 0.865 bits per heavy atom. The van der Waals surface area contributed by atoms with Gasteiger partial charge in [0.05, 0.1) is 16.8 Å². The lowest BCUT2D eigenvalue weighted by Crippen LogP contribution is -2.38. The molecule has 3 aromatic carbocycles. The van der Waals surface area contributed by atoms with Crippen LogP contribution in [0.1, 0.15) is 10.4 Å². The highest BCUT2D eigenvalue weighted by molar-refractivity contribution is 6.06. The monoisotopic (exact) mass is 494 g/mol. The number of pyridine rings is 1. The van der Waals surface area contributed by atoms with Crippen LogP contribution in [-0.2, 0) is 23.6 Å². The maximum Gasteiger partial charge on any atom is 0.339 e. The van der Waals surface area contributed by atoms with Crippen LogP contribution in [0.5, 0.6) is 0 Å². The number of amides is 1. The summed E-state index contributed by atoms with van der Waals surface area (Å²) >= 11 is 0. The third kappa shape index (κ3) is 4.50. The Kier molecular flexibility index (Phi) is 6.10. The first-order chi connectivity index (χ1) is 17.8. The van der Waals surface area contributed by atoms with E-state index in [1.165, 1.54) is 14.1 Å². The molecule has 0 aliphatic carbocycles. The lowest BCUT2D eigenvalue weighted by molar-refractivity contribution is -0.119. The van der Waals surface area contributed by atoms with Crippen LogP contribution >= 0.6 is 0 Å². The molecule has 2 heterocycles. The first-order valence-electron chi connectivity index (χ1n) is 11.5. The first-order valence-corrected chi connectivity index (χ1v) is 11.5. The van der Waals surface area contributed by atoms with Crippen LogP contribution in [0.25, 0.3) is 32.9 Å². The molecule has 9 heteroatoms. The molecule has 184 valence electrons. The maximum absolute atomic E-state index is 13.1. The van der Waals surface area contributed by atoms with E-state index in [0.717, 1.165) is 31.5 Å². The van der Waals surface area contributed by atoms with Gasteiger partial charge in [-0.15, -0.1) is 0 Å². The summed E-state index contributed by atoms with van der Waals surface area (Å²) in [5.74, 6) is -1.39. The largest absolute Gasteiger partial charge is 0.452 e. The van der Waals surface area contributed by atoms with Gasteiger partial charge < -0.3 is 10.1 Å². The van der Waals surface area contributed by atoms with Gasteiger partial charge in [-0.25, -0.2) is 14.6 Å². The van der Waals surface area contributed by atoms with Crippen molar-refractivity contribution in [2.24, 2.45) is 14.1 Å². The summed E-state index contributed by atoms with van der Waals surface area (Å²) < 4.78 is 7.36. The molecular formula is C28H22N4O5. The van der Waals surface area contributed by atoms with Crippen molar-refractivity contribution in [2.45, 2.75) is 0 Å². The molecule has 5 rings (SSSR count). The van der Waals surface area contributed by atoms with Crippen molar-refractivity contribution in [3.63, 3.8) is 0 Å². The molecule has 2 aromatic heterocycles. The summed E-state index contributed by atoms with van der Waals surface area (Å²) in [7, 11) is 2.75. The van der Waals surface area contributed by atoms with Crippen molar-refractivity contribution < 1.29 is 14.3 Å². The van der Waals surface area contributed by atoms with Crippen molar-refractivity contribution in [1.82, 2.24) is 14.1 Å². The van der Waals surface area contributed by atoms with E-state index in [0.29, 0.717) is 16.6 Å². The van der Waals surface area contributed by atoms with Gasteiger partial charge in [0.25, 0.3) is 11.5 Å². The number of fused-ring (bicyclic) bond motifs is 2. The quantitative estimate of drug-likeness (QED) is 0.376. The maximum atomic E-state index is 13.1. The van der Waals surface area contributed by atoms with Crippen LogP contribution in [-0.4, -0.2) is 32.6 Å². The second kappa shape index (κ2) is 9.54. The van der Waals surface area contributed by atoms with Gasteiger partial charge >= 0.3 is 11.7 Å². The number of benzene rings is 3. The fourth-order valence-corrected chi connectivity index (χ4v) is 4.17. The minimum Gasteiger partial charge on any atom is -0.452 e. The average Bonchev–Trinajstić information content (AvgIpc) is 2.92. The van der Waals surface area contributed by atoms with Crippen LogP contribution in [0.3, 0.4) is 0 Å².